The Bertz CT molecular complexity index is 873. The van der Waals surface area contributed by atoms with Crippen molar-refractivity contribution in [2.75, 3.05) is 7.11 Å². The van der Waals surface area contributed by atoms with Gasteiger partial charge in [-0.05, 0) is 35.4 Å². The zero-order valence-electron chi connectivity index (χ0n) is 16.1. The molecule has 0 unspecified atom stereocenters. The highest BCUT2D eigenvalue weighted by atomic mass is 79.9. The van der Waals surface area contributed by atoms with Crippen molar-refractivity contribution in [3.63, 3.8) is 0 Å². The Morgan fingerprint density at radius 1 is 1.00 bits per heavy atom. The predicted molar refractivity (Wildman–Crippen MR) is 110 cm³/mol. The fraction of sp³-hybridized carbons (Fsp3) is 0.286. The molecule has 0 aromatic heterocycles. The van der Waals surface area contributed by atoms with E-state index < -0.39 is 35.7 Å². The van der Waals surface area contributed by atoms with Gasteiger partial charge in [0.1, 0.15) is 17.9 Å². The largest absolute Gasteiger partial charge is 0.467 e. The van der Waals surface area contributed by atoms with Gasteiger partial charge in [0.05, 0.1) is 7.11 Å². The minimum Gasteiger partial charge on any atom is -0.467 e. The third kappa shape index (κ3) is 7.30. The quantitative estimate of drug-likeness (QED) is 0.587. The first kappa shape index (κ1) is 22.5. The lowest BCUT2D eigenvalue weighted by Crippen LogP contribution is -2.53. The van der Waals surface area contributed by atoms with Crippen LogP contribution in [0.4, 0.5) is 4.39 Å². The maximum Gasteiger partial charge on any atom is 0.328 e. The van der Waals surface area contributed by atoms with Crippen LogP contribution < -0.4 is 10.6 Å². The van der Waals surface area contributed by atoms with Crippen LogP contribution in [-0.2, 0) is 32.0 Å². The summed E-state index contributed by atoms with van der Waals surface area (Å²) in [6.45, 7) is 1.28. The van der Waals surface area contributed by atoms with E-state index in [0.717, 1.165) is 10.0 Å². The summed E-state index contributed by atoms with van der Waals surface area (Å²) in [7, 11) is 1.24. The molecule has 2 N–H and O–H groups in total. The average molecular weight is 465 g/mol. The minimum atomic E-state index is -0.966. The van der Waals surface area contributed by atoms with E-state index in [9.17, 15) is 18.8 Å². The first-order valence-corrected chi connectivity index (χ1v) is 9.72. The molecule has 2 aromatic carbocycles. The fourth-order valence-corrected chi connectivity index (χ4v) is 3.08. The Hall–Kier alpha value is -2.74. The van der Waals surface area contributed by atoms with E-state index in [0.29, 0.717) is 5.56 Å². The molecule has 154 valence electrons. The number of hydrogen-bond donors (Lipinski definition) is 2. The van der Waals surface area contributed by atoms with Crippen molar-refractivity contribution in [1.29, 1.82) is 0 Å². The van der Waals surface area contributed by atoms with E-state index >= 15 is 0 Å². The maximum atomic E-state index is 13.5. The summed E-state index contributed by atoms with van der Waals surface area (Å²) in [5.41, 5.74) is 1.37. The molecule has 29 heavy (non-hydrogen) atoms. The van der Waals surface area contributed by atoms with Gasteiger partial charge in [-0.1, -0.05) is 40.2 Å². The molecule has 2 aromatic rings. The van der Waals surface area contributed by atoms with Gasteiger partial charge in [0, 0.05) is 24.2 Å². The van der Waals surface area contributed by atoms with Gasteiger partial charge in [0.2, 0.25) is 11.8 Å². The van der Waals surface area contributed by atoms with Crippen LogP contribution in [0.5, 0.6) is 0 Å². The van der Waals surface area contributed by atoms with Crippen LogP contribution in [0.3, 0.4) is 0 Å². The SMILES string of the molecule is COC(=O)[C@@H](Cc1ccc(Br)cc1)NC(=O)[C@H](Cc1cccc(F)c1)NC(C)=O. The number of amides is 2. The molecule has 0 aliphatic carbocycles. The van der Waals surface area contributed by atoms with E-state index in [1.54, 1.807) is 6.07 Å². The molecule has 0 heterocycles. The summed E-state index contributed by atoms with van der Waals surface area (Å²) in [4.78, 5) is 36.5. The molecule has 2 amide bonds. The first-order chi connectivity index (χ1) is 13.8. The highest BCUT2D eigenvalue weighted by molar-refractivity contribution is 9.10. The summed E-state index contributed by atoms with van der Waals surface area (Å²) < 4.78 is 19.2. The Morgan fingerprint density at radius 2 is 1.66 bits per heavy atom. The number of rotatable bonds is 8. The molecular weight excluding hydrogens is 443 g/mol. The van der Waals surface area contributed by atoms with Crippen molar-refractivity contribution in [3.05, 3.63) is 69.9 Å². The number of esters is 1. The van der Waals surface area contributed by atoms with Crippen LogP contribution in [0.2, 0.25) is 0 Å². The molecule has 0 bridgehead atoms. The van der Waals surface area contributed by atoms with E-state index in [4.69, 9.17) is 4.74 Å². The van der Waals surface area contributed by atoms with Gasteiger partial charge < -0.3 is 15.4 Å². The van der Waals surface area contributed by atoms with Gasteiger partial charge >= 0.3 is 5.97 Å². The Kier molecular flexibility index (Phi) is 8.33. The van der Waals surface area contributed by atoms with Gasteiger partial charge in [-0.25, -0.2) is 9.18 Å². The molecule has 0 spiro atoms. The molecule has 0 saturated carbocycles. The minimum absolute atomic E-state index is 0.0787. The summed E-state index contributed by atoms with van der Waals surface area (Å²) in [5.74, 6) is -2.01. The van der Waals surface area contributed by atoms with E-state index in [1.165, 1.54) is 32.2 Å². The molecule has 6 nitrogen and oxygen atoms in total. The zero-order chi connectivity index (χ0) is 21.4. The summed E-state index contributed by atoms with van der Waals surface area (Å²) in [6.07, 6.45) is 0.299. The van der Waals surface area contributed by atoms with E-state index in [2.05, 4.69) is 26.6 Å². The van der Waals surface area contributed by atoms with Crippen LogP contribution in [0.15, 0.2) is 53.0 Å². The zero-order valence-corrected chi connectivity index (χ0v) is 17.7. The fourth-order valence-electron chi connectivity index (χ4n) is 2.82. The van der Waals surface area contributed by atoms with Crippen LogP contribution in [-0.4, -0.2) is 37.0 Å². The lowest BCUT2D eigenvalue weighted by atomic mass is 10.0. The van der Waals surface area contributed by atoms with Crippen molar-refractivity contribution < 1.29 is 23.5 Å². The lowest BCUT2D eigenvalue weighted by molar-refractivity contribution is -0.145. The molecule has 0 radical (unpaired) electrons. The Morgan fingerprint density at radius 3 is 2.24 bits per heavy atom. The van der Waals surface area contributed by atoms with Crippen molar-refractivity contribution in [3.8, 4) is 0 Å². The summed E-state index contributed by atoms with van der Waals surface area (Å²) in [6, 6.07) is 11.2. The third-order valence-corrected chi connectivity index (χ3v) is 4.71. The van der Waals surface area contributed by atoms with E-state index in [1.807, 2.05) is 24.3 Å². The number of carbonyl (C=O) groups is 3. The molecule has 0 aliphatic heterocycles. The number of carbonyl (C=O) groups excluding carboxylic acids is 3. The number of nitrogens with one attached hydrogen (secondary N) is 2. The van der Waals surface area contributed by atoms with Crippen molar-refractivity contribution in [2.45, 2.75) is 31.8 Å². The van der Waals surface area contributed by atoms with Crippen LogP contribution in [0.1, 0.15) is 18.1 Å². The second-order valence-corrected chi connectivity index (χ2v) is 7.42. The highest BCUT2D eigenvalue weighted by Gasteiger charge is 2.27. The molecule has 0 saturated heterocycles. The molecule has 0 aliphatic rings. The molecule has 0 fully saturated rings. The van der Waals surface area contributed by atoms with Crippen molar-refractivity contribution in [1.82, 2.24) is 10.6 Å². The Labute approximate surface area is 177 Å². The molecular formula is C21H22BrFN2O4. The highest BCUT2D eigenvalue weighted by Crippen LogP contribution is 2.13. The summed E-state index contributed by atoms with van der Waals surface area (Å²) >= 11 is 3.34. The average Bonchev–Trinajstić information content (AvgIpc) is 2.67. The van der Waals surface area contributed by atoms with Crippen molar-refractivity contribution >= 4 is 33.7 Å². The third-order valence-electron chi connectivity index (χ3n) is 4.18. The lowest BCUT2D eigenvalue weighted by Gasteiger charge is -2.22. The second-order valence-electron chi connectivity index (χ2n) is 6.50. The number of benzene rings is 2. The van der Waals surface area contributed by atoms with Gasteiger partial charge in [0.15, 0.2) is 0 Å². The predicted octanol–water partition coefficient (Wildman–Crippen LogP) is 2.54. The first-order valence-electron chi connectivity index (χ1n) is 8.92. The number of ether oxygens (including phenoxy) is 1. The van der Waals surface area contributed by atoms with E-state index in [-0.39, 0.29) is 12.8 Å². The number of halogens is 2. The molecule has 2 atom stereocenters. The van der Waals surface area contributed by atoms with Crippen LogP contribution in [0, 0.1) is 5.82 Å². The monoisotopic (exact) mass is 464 g/mol. The van der Waals surface area contributed by atoms with Gasteiger partial charge in [-0.15, -0.1) is 0 Å². The number of hydrogen-bond acceptors (Lipinski definition) is 4. The smallest absolute Gasteiger partial charge is 0.328 e. The maximum absolute atomic E-state index is 13.5. The van der Waals surface area contributed by atoms with Gasteiger partial charge in [-0.3, -0.25) is 9.59 Å². The molecule has 2 rings (SSSR count). The van der Waals surface area contributed by atoms with Crippen molar-refractivity contribution in [2.24, 2.45) is 0 Å². The normalized spacial score (nSPS) is 12.6. The summed E-state index contributed by atoms with van der Waals surface area (Å²) in [5, 5.41) is 5.19. The topological polar surface area (TPSA) is 84.5 Å². The molecule has 8 heteroatoms. The number of methoxy groups -OCH3 is 1. The van der Waals surface area contributed by atoms with Crippen LogP contribution in [0.25, 0.3) is 0 Å². The van der Waals surface area contributed by atoms with Crippen LogP contribution >= 0.6 is 15.9 Å². The van der Waals surface area contributed by atoms with Gasteiger partial charge in [-0.2, -0.15) is 0 Å². The van der Waals surface area contributed by atoms with Gasteiger partial charge in [0.25, 0.3) is 0 Å². The Balaban J connectivity index is 2.16. The second kappa shape index (κ2) is 10.7. The standard InChI is InChI=1S/C21H22BrFN2O4/c1-13(26)24-18(12-15-4-3-5-17(23)10-15)20(27)25-19(21(28)29-2)11-14-6-8-16(22)9-7-14/h3-10,18-19H,11-12H2,1-2H3,(H,24,26)(H,25,27)/t18-,19+/m0/s1.